The third kappa shape index (κ3) is 3.50. The molecule has 0 aliphatic carbocycles. The van der Waals surface area contributed by atoms with Crippen molar-refractivity contribution in [3.05, 3.63) is 12.7 Å². The van der Waals surface area contributed by atoms with Gasteiger partial charge in [0.05, 0.1) is 0 Å². The maximum atomic E-state index is 12.1. The number of rotatable bonds is 3. The monoisotopic (exact) mass is 102 g/mol. The van der Waals surface area contributed by atoms with Crippen molar-refractivity contribution < 1.29 is 4.39 Å². The minimum atomic E-state index is -0.669. The molecule has 0 radical (unpaired) electrons. The van der Waals surface area contributed by atoms with Gasteiger partial charge in [0.1, 0.15) is 6.17 Å². The fourth-order valence-electron chi connectivity index (χ4n) is 0.348. The molecule has 1 atom stereocenters. The van der Waals surface area contributed by atoms with Gasteiger partial charge in [-0.3, -0.25) is 0 Å². The first-order valence-corrected chi connectivity index (χ1v) is 2.56. The number of halogens is 1. The van der Waals surface area contributed by atoms with Gasteiger partial charge >= 0.3 is 0 Å². The molecule has 0 spiro atoms. The highest BCUT2D eigenvalue weighted by Gasteiger charge is 1.95. The molecule has 0 unspecified atom stereocenters. The highest BCUT2D eigenvalue weighted by Crippen LogP contribution is 2.01. The van der Waals surface area contributed by atoms with E-state index in [0.717, 1.165) is 0 Å². The summed E-state index contributed by atoms with van der Waals surface area (Å²) in [5.41, 5.74) is 0. The standard InChI is InChI=1S/C6H11F/c1-3-5-6(7)4-2/h3,6H,1,4-5H2,2H3/t6-/m1/s1. The SMILES string of the molecule is C=CC[C@H](F)CC. The maximum absolute atomic E-state index is 12.1. The van der Waals surface area contributed by atoms with Crippen LogP contribution in [0, 0.1) is 0 Å². The summed E-state index contributed by atoms with van der Waals surface area (Å²) in [6.07, 6.45) is 2.04. The van der Waals surface area contributed by atoms with Crippen molar-refractivity contribution in [2.45, 2.75) is 25.9 Å². The van der Waals surface area contributed by atoms with Crippen molar-refractivity contribution in [2.24, 2.45) is 0 Å². The molecule has 7 heavy (non-hydrogen) atoms. The van der Waals surface area contributed by atoms with Crippen molar-refractivity contribution in [2.75, 3.05) is 0 Å². The first-order chi connectivity index (χ1) is 3.31. The number of hydrogen-bond donors (Lipinski definition) is 0. The van der Waals surface area contributed by atoms with Crippen LogP contribution in [0.5, 0.6) is 0 Å². The van der Waals surface area contributed by atoms with Gasteiger partial charge in [-0.2, -0.15) is 0 Å². The molecule has 0 nitrogen and oxygen atoms in total. The van der Waals surface area contributed by atoms with Gasteiger partial charge in [0.2, 0.25) is 0 Å². The maximum Gasteiger partial charge on any atom is 0.103 e. The van der Waals surface area contributed by atoms with Gasteiger partial charge in [-0.05, 0) is 12.8 Å². The highest BCUT2D eigenvalue weighted by molar-refractivity contribution is 4.70. The lowest BCUT2D eigenvalue weighted by molar-refractivity contribution is 0.328. The Morgan fingerprint density at radius 3 is 2.57 bits per heavy atom. The summed E-state index contributed by atoms with van der Waals surface area (Å²) in [5, 5.41) is 0. The Morgan fingerprint density at radius 2 is 2.43 bits per heavy atom. The van der Waals surface area contributed by atoms with E-state index >= 15 is 0 Å². The molecule has 0 aliphatic rings. The average molecular weight is 102 g/mol. The molecule has 0 bridgehead atoms. The van der Waals surface area contributed by atoms with E-state index in [1.54, 1.807) is 6.08 Å². The molecule has 0 fully saturated rings. The molecular weight excluding hydrogens is 91.1 g/mol. The summed E-state index contributed by atoms with van der Waals surface area (Å²) in [5.74, 6) is 0. The summed E-state index contributed by atoms with van der Waals surface area (Å²) in [6.45, 7) is 5.24. The molecule has 0 amide bonds. The summed E-state index contributed by atoms with van der Waals surface area (Å²) in [7, 11) is 0. The average Bonchev–Trinajstić information content (AvgIpc) is 1.68. The Kier molecular flexibility index (Phi) is 3.67. The second kappa shape index (κ2) is 3.85. The van der Waals surface area contributed by atoms with E-state index in [1.807, 2.05) is 6.92 Å². The van der Waals surface area contributed by atoms with Crippen molar-refractivity contribution in [3.8, 4) is 0 Å². The van der Waals surface area contributed by atoms with E-state index in [2.05, 4.69) is 6.58 Å². The molecule has 0 N–H and O–H groups in total. The van der Waals surface area contributed by atoms with E-state index in [1.165, 1.54) is 0 Å². The van der Waals surface area contributed by atoms with Crippen LogP contribution >= 0.6 is 0 Å². The fourth-order valence-corrected chi connectivity index (χ4v) is 0.348. The molecule has 0 aliphatic heterocycles. The second-order valence-electron chi connectivity index (χ2n) is 1.53. The van der Waals surface area contributed by atoms with Crippen LogP contribution in [-0.4, -0.2) is 6.17 Å². The Labute approximate surface area is 44.0 Å². The van der Waals surface area contributed by atoms with Crippen LogP contribution in [0.2, 0.25) is 0 Å². The predicted molar refractivity (Wildman–Crippen MR) is 30.0 cm³/mol. The summed E-state index contributed by atoms with van der Waals surface area (Å²) in [6, 6.07) is 0. The topological polar surface area (TPSA) is 0 Å². The summed E-state index contributed by atoms with van der Waals surface area (Å²) >= 11 is 0. The molecule has 0 rings (SSSR count). The van der Waals surface area contributed by atoms with Gasteiger partial charge in [0, 0.05) is 0 Å². The Balaban J connectivity index is 2.98. The third-order valence-corrected chi connectivity index (χ3v) is 0.865. The largest absolute Gasteiger partial charge is 0.247 e. The lowest BCUT2D eigenvalue weighted by Crippen LogP contribution is -1.92. The third-order valence-electron chi connectivity index (χ3n) is 0.865. The lowest BCUT2D eigenvalue weighted by Gasteiger charge is -1.95. The zero-order valence-corrected chi connectivity index (χ0v) is 4.65. The molecule has 0 saturated heterocycles. The zero-order valence-electron chi connectivity index (χ0n) is 4.65. The highest BCUT2D eigenvalue weighted by atomic mass is 19.1. The molecule has 0 aromatic rings. The number of allylic oxidation sites excluding steroid dienone is 1. The lowest BCUT2D eigenvalue weighted by atomic mass is 10.2. The zero-order chi connectivity index (χ0) is 5.70. The Bertz CT molecular complexity index is 50.1. The molecule has 0 saturated carbocycles. The van der Waals surface area contributed by atoms with Crippen molar-refractivity contribution >= 4 is 0 Å². The van der Waals surface area contributed by atoms with Gasteiger partial charge in [0.25, 0.3) is 0 Å². The first-order valence-electron chi connectivity index (χ1n) is 2.56. The van der Waals surface area contributed by atoms with Crippen LogP contribution in [0.4, 0.5) is 4.39 Å². The van der Waals surface area contributed by atoms with Crippen LogP contribution < -0.4 is 0 Å². The van der Waals surface area contributed by atoms with Crippen LogP contribution in [-0.2, 0) is 0 Å². The van der Waals surface area contributed by atoms with Crippen molar-refractivity contribution in [3.63, 3.8) is 0 Å². The molecule has 1 heteroatoms. The molecule has 42 valence electrons. The molecule has 0 aromatic heterocycles. The van der Waals surface area contributed by atoms with E-state index in [4.69, 9.17) is 0 Å². The van der Waals surface area contributed by atoms with Crippen LogP contribution in [0.25, 0.3) is 0 Å². The minimum absolute atomic E-state index is 0.497. The van der Waals surface area contributed by atoms with E-state index in [0.29, 0.717) is 12.8 Å². The minimum Gasteiger partial charge on any atom is -0.247 e. The summed E-state index contributed by atoms with van der Waals surface area (Å²) in [4.78, 5) is 0. The van der Waals surface area contributed by atoms with Gasteiger partial charge in [-0.25, -0.2) is 4.39 Å². The quantitative estimate of drug-likeness (QED) is 0.480. The smallest absolute Gasteiger partial charge is 0.103 e. The molecule has 0 aromatic carbocycles. The first kappa shape index (κ1) is 6.67. The Hall–Kier alpha value is -0.330. The molecular formula is C6H11F. The van der Waals surface area contributed by atoms with Gasteiger partial charge in [-0.1, -0.05) is 13.0 Å². The second-order valence-corrected chi connectivity index (χ2v) is 1.53. The normalized spacial score (nSPS) is 13.4. The van der Waals surface area contributed by atoms with Crippen molar-refractivity contribution in [1.82, 2.24) is 0 Å². The van der Waals surface area contributed by atoms with Crippen LogP contribution in [0.15, 0.2) is 12.7 Å². The van der Waals surface area contributed by atoms with Gasteiger partial charge in [0.15, 0.2) is 0 Å². The Morgan fingerprint density at radius 1 is 1.86 bits per heavy atom. The molecule has 0 heterocycles. The number of hydrogen-bond acceptors (Lipinski definition) is 0. The van der Waals surface area contributed by atoms with Crippen LogP contribution in [0.3, 0.4) is 0 Å². The van der Waals surface area contributed by atoms with E-state index < -0.39 is 6.17 Å². The summed E-state index contributed by atoms with van der Waals surface area (Å²) < 4.78 is 12.1. The van der Waals surface area contributed by atoms with E-state index in [9.17, 15) is 4.39 Å². The van der Waals surface area contributed by atoms with Gasteiger partial charge < -0.3 is 0 Å². The fraction of sp³-hybridized carbons (Fsp3) is 0.667. The number of alkyl halides is 1. The van der Waals surface area contributed by atoms with Gasteiger partial charge in [-0.15, -0.1) is 6.58 Å². The van der Waals surface area contributed by atoms with E-state index in [-0.39, 0.29) is 0 Å². The van der Waals surface area contributed by atoms with Crippen LogP contribution in [0.1, 0.15) is 19.8 Å². The van der Waals surface area contributed by atoms with Crippen molar-refractivity contribution in [1.29, 1.82) is 0 Å². The predicted octanol–water partition coefficient (Wildman–Crippen LogP) is 2.31.